The van der Waals surface area contributed by atoms with Crippen molar-refractivity contribution in [3.63, 3.8) is 0 Å². The van der Waals surface area contributed by atoms with Crippen LogP contribution in [-0.4, -0.2) is 55.0 Å². The number of fused-ring (bicyclic) bond motifs is 1. The molecule has 2 N–H and O–H groups in total. The predicted octanol–water partition coefficient (Wildman–Crippen LogP) is 2.45. The van der Waals surface area contributed by atoms with E-state index >= 15 is 0 Å². The van der Waals surface area contributed by atoms with Crippen LogP contribution in [0.25, 0.3) is 22.8 Å². The molecular weight excluding hydrogens is 430 g/mol. The molecule has 1 aliphatic carbocycles. The number of hydrogen-bond acceptors (Lipinski definition) is 8. The SMILES string of the molecule is CN(C)CCS(=O)(=O)NC1CCc2c(-c3noc(-c4ccc(O)c(C#N)c4)n3)cccc21. The number of hydrogen-bond donors (Lipinski definition) is 2. The molecule has 0 aliphatic heterocycles. The van der Waals surface area contributed by atoms with Gasteiger partial charge in [0.1, 0.15) is 11.8 Å². The Kier molecular flexibility index (Phi) is 5.97. The van der Waals surface area contributed by atoms with E-state index in [0.717, 1.165) is 16.7 Å². The zero-order chi connectivity index (χ0) is 22.9. The van der Waals surface area contributed by atoms with Gasteiger partial charge in [0.2, 0.25) is 15.8 Å². The summed E-state index contributed by atoms with van der Waals surface area (Å²) in [5.74, 6) is 0.542. The van der Waals surface area contributed by atoms with Gasteiger partial charge in [-0.25, -0.2) is 13.1 Å². The van der Waals surface area contributed by atoms with Crippen LogP contribution in [0.5, 0.6) is 5.75 Å². The van der Waals surface area contributed by atoms with Crippen molar-refractivity contribution in [3.05, 3.63) is 53.1 Å². The first-order chi connectivity index (χ1) is 15.3. The third-order valence-electron chi connectivity index (χ3n) is 5.43. The molecule has 1 unspecified atom stereocenters. The topological polar surface area (TPSA) is 132 Å². The second-order valence-corrected chi connectivity index (χ2v) is 9.84. The maximum Gasteiger partial charge on any atom is 0.258 e. The quantitative estimate of drug-likeness (QED) is 0.557. The fraction of sp³-hybridized carbons (Fsp3) is 0.318. The second kappa shape index (κ2) is 8.70. The first-order valence-corrected chi connectivity index (χ1v) is 11.8. The van der Waals surface area contributed by atoms with E-state index in [-0.39, 0.29) is 29.0 Å². The zero-order valence-corrected chi connectivity index (χ0v) is 18.6. The average Bonchev–Trinajstić information content (AvgIpc) is 3.40. The maximum atomic E-state index is 12.5. The molecule has 0 spiro atoms. The summed E-state index contributed by atoms with van der Waals surface area (Å²) >= 11 is 0. The standard InChI is InChI=1S/C22H23N5O4S/c1-27(2)10-11-32(29,30)26-19-8-7-16-17(19)4-3-5-18(16)21-24-22(31-25-21)14-6-9-20(28)15(12-14)13-23/h3-6,9,12,19,26,28H,7-8,10-11H2,1-2H3. The summed E-state index contributed by atoms with van der Waals surface area (Å²) < 4.78 is 33.2. The number of phenolic OH excluding ortho intramolecular Hbond substituents is 1. The van der Waals surface area contributed by atoms with E-state index in [0.29, 0.717) is 30.8 Å². The van der Waals surface area contributed by atoms with Crippen LogP contribution in [0.4, 0.5) is 0 Å². The summed E-state index contributed by atoms with van der Waals surface area (Å²) in [6.45, 7) is 0.450. The van der Waals surface area contributed by atoms with Crippen molar-refractivity contribution < 1.29 is 18.0 Å². The van der Waals surface area contributed by atoms with Gasteiger partial charge in [0.25, 0.3) is 5.89 Å². The number of aromatic hydroxyl groups is 1. The highest BCUT2D eigenvalue weighted by molar-refractivity contribution is 7.89. The first-order valence-electron chi connectivity index (χ1n) is 10.1. The van der Waals surface area contributed by atoms with Crippen molar-refractivity contribution in [2.24, 2.45) is 0 Å². The molecule has 0 fully saturated rings. The Morgan fingerprint density at radius 2 is 2.12 bits per heavy atom. The summed E-state index contributed by atoms with van der Waals surface area (Å²) in [6, 6.07) is 11.8. The molecule has 0 bridgehead atoms. The van der Waals surface area contributed by atoms with Crippen molar-refractivity contribution in [2.45, 2.75) is 18.9 Å². The van der Waals surface area contributed by atoms with Gasteiger partial charge in [-0.05, 0) is 56.3 Å². The highest BCUT2D eigenvalue weighted by atomic mass is 32.2. The highest BCUT2D eigenvalue weighted by Gasteiger charge is 2.29. The monoisotopic (exact) mass is 453 g/mol. The molecular formula is C22H23N5O4S. The Morgan fingerprint density at radius 1 is 1.31 bits per heavy atom. The van der Waals surface area contributed by atoms with E-state index in [1.54, 1.807) is 6.07 Å². The minimum absolute atomic E-state index is 0.0387. The Balaban J connectivity index is 1.60. The van der Waals surface area contributed by atoms with Gasteiger partial charge in [-0.1, -0.05) is 23.4 Å². The van der Waals surface area contributed by atoms with Gasteiger partial charge in [0, 0.05) is 23.7 Å². The molecule has 4 rings (SSSR count). The van der Waals surface area contributed by atoms with Crippen LogP contribution in [0, 0.1) is 11.3 Å². The molecule has 1 heterocycles. The van der Waals surface area contributed by atoms with E-state index in [9.17, 15) is 13.5 Å². The van der Waals surface area contributed by atoms with Gasteiger partial charge in [0.05, 0.1) is 11.3 Å². The molecule has 0 radical (unpaired) electrons. The number of aromatic nitrogens is 2. The van der Waals surface area contributed by atoms with E-state index < -0.39 is 10.0 Å². The summed E-state index contributed by atoms with van der Waals surface area (Å²) in [4.78, 5) is 6.30. The maximum absolute atomic E-state index is 12.5. The predicted molar refractivity (Wildman–Crippen MR) is 118 cm³/mol. The van der Waals surface area contributed by atoms with E-state index in [4.69, 9.17) is 9.78 Å². The lowest BCUT2D eigenvalue weighted by Gasteiger charge is -2.16. The molecule has 1 aromatic heterocycles. The molecule has 1 atom stereocenters. The number of phenols is 1. The molecule has 0 amide bonds. The van der Waals surface area contributed by atoms with Gasteiger partial charge < -0.3 is 14.5 Å². The third kappa shape index (κ3) is 4.50. The van der Waals surface area contributed by atoms with Crippen LogP contribution in [0.3, 0.4) is 0 Å². The van der Waals surface area contributed by atoms with Gasteiger partial charge >= 0.3 is 0 Å². The van der Waals surface area contributed by atoms with Crippen molar-refractivity contribution in [1.82, 2.24) is 19.8 Å². The second-order valence-electron chi connectivity index (χ2n) is 7.97. The molecule has 2 aromatic carbocycles. The Bertz CT molecular complexity index is 1290. The molecule has 9 nitrogen and oxygen atoms in total. The smallest absolute Gasteiger partial charge is 0.258 e. The first kappa shape index (κ1) is 22.0. The normalized spacial score (nSPS) is 15.6. The van der Waals surface area contributed by atoms with E-state index in [1.807, 2.05) is 43.3 Å². The van der Waals surface area contributed by atoms with E-state index in [1.165, 1.54) is 12.1 Å². The zero-order valence-electron chi connectivity index (χ0n) is 17.7. The fourth-order valence-electron chi connectivity index (χ4n) is 3.77. The van der Waals surface area contributed by atoms with Gasteiger partial charge in [-0.3, -0.25) is 0 Å². The van der Waals surface area contributed by atoms with Crippen LogP contribution >= 0.6 is 0 Å². The summed E-state index contributed by atoms with van der Waals surface area (Å²) in [6.07, 6.45) is 1.34. The Hall–Kier alpha value is -3.26. The number of nitrogens with one attached hydrogen (secondary N) is 1. The minimum atomic E-state index is -3.41. The lowest BCUT2D eigenvalue weighted by atomic mass is 10.0. The van der Waals surface area contributed by atoms with Crippen LogP contribution < -0.4 is 4.72 Å². The number of benzene rings is 2. The van der Waals surface area contributed by atoms with Crippen molar-refractivity contribution in [3.8, 4) is 34.7 Å². The molecule has 10 heteroatoms. The lowest BCUT2D eigenvalue weighted by molar-refractivity contribution is 0.430. The van der Waals surface area contributed by atoms with Gasteiger partial charge in [-0.15, -0.1) is 0 Å². The molecule has 3 aromatic rings. The Morgan fingerprint density at radius 3 is 2.88 bits per heavy atom. The molecule has 0 saturated carbocycles. The molecule has 0 saturated heterocycles. The minimum Gasteiger partial charge on any atom is -0.507 e. The Labute approximate surface area is 186 Å². The van der Waals surface area contributed by atoms with Gasteiger partial charge in [0.15, 0.2) is 0 Å². The average molecular weight is 454 g/mol. The van der Waals surface area contributed by atoms with Crippen LogP contribution in [0.15, 0.2) is 40.9 Å². The highest BCUT2D eigenvalue weighted by Crippen LogP contribution is 2.38. The summed E-state index contributed by atoms with van der Waals surface area (Å²) in [5, 5.41) is 22.9. The van der Waals surface area contributed by atoms with Crippen LogP contribution in [0.2, 0.25) is 0 Å². The van der Waals surface area contributed by atoms with Crippen molar-refractivity contribution in [2.75, 3.05) is 26.4 Å². The number of nitrogens with zero attached hydrogens (tertiary/aromatic N) is 4. The number of nitriles is 1. The number of rotatable bonds is 7. The van der Waals surface area contributed by atoms with Crippen molar-refractivity contribution >= 4 is 10.0 Å². The largest absolute Gasteiger partial charge is 0.507 e. The van der Waals surface area contributed by atoms with Gasteiger partial charge in [-0.2, -0.15) is 10.2 Å². The lowest BCUT2D eigenvalue weighted by Crippen LogP contribution is -2.33. The fourth-order valence-corrected chi connectivity index (χ4v) is 5.18. The van der Waals surface area contributed by atoms with Crippen molar-refractivity contribution in [1.29, 1.82) is 5.26 Å². The van der Waals surface area contributed by atoms with Crippen LogP contribution in [-0.2, 0) is 16.4 Å². The summed E-state index contributed by atoms with van der Waals surface area (Å²) in [7, 11) is 0.266. The third-order valence-corrected chi connectivity index (χ3v) is 6.79. The number of sulfonamides is 1. The molecule has 166 valence electrons. The van der Waals surface area contributed by atoms with Crippen LogP contribution in [0.1, 0.15) is 29.2 Å². The summed E-state index contributed by atoms with van der Waals surface area (Å²) in [5.41, 5.74) is 3.33. The van der Waals surface area contributed by atoms with E-state index in [2.05, 4.69) is 14.9 Å². The molecule has 32 heavy (non-hydrogen) atoms. The molecule has 1 aliphatic rings.